The first-order chi connectivity index (χ1) is 13.6. The summed E-state index contributed by atoms with van der Waals surface area (Å²) in [4.78, 5) is 30.2. The summed E-state index contributed by atoms with van der Waals surface area (Å²) in [5.74, 6) is -3.30. The van der Waals surface area contributed by atoms with Crippen LogP contribution in [0.5, 0.6) is 0 Å². The predicted molar refractivity (Wildman–Crippen MR) is 93.1 cm³/mol. The average molecular weight is 429 g/mol. The number of halogens is 4. The lowest BCUT2D eigenvalue weighted by molar-refractivity contribution is -0.141. The van der Waals surface area contributed by atoms with E-state index in [4.69, 9.17) is 11.6 Å². The summed E-state index contributed by atoms with van der Waals surface area (Å²) >= 11 is 5.83. The Hall–Kier alpha value is -2.38. The third-order valence-electron chi connectivity index (χ3n) is 6.17. The second kappa shape index (κ2) is 6.85. The number of fused-ring (bicyclic) bond motifs is 5. The van der Waals surface area contributed by atoms with Gasteiger partial charge in [-0.25, -0.2) is 4.98 Å². The fourth-order valence-electron chi connectivity index (χ4n) is 4.93. The van der Waals surface area contributed by atoms with Gasteiger partial charge in [0.15, 0.2) is 0 Å². The van der Waals surface area contributed by atoms with Crippen LogP contribution in [0.3, 0.4) is 0 Å². The van der Waals surface area contributed by atoms with E-state index in [1.807, 2.05) is 6.07 Å². The van der Waals surface area contributed by atoms with Gasteiger partial charge in [0.05, 0.1) is 40.5 Å². The molecule has 29 heavy (non-hydrogen) atoms. The van der Waals surface area contributed by atoms with Crippen molar-refractivity contribution in [3.8, 4) is 6.07 Å². The zero-order valence-electron chi connectivity index (χ0n) is 14.9. The first-order valence-electron chi connectivity index (χ1n) is 9.04. The van der Waals surface area contributed by atoms with Crippen LogP contribution in [0.25, 0.3) is 0 Å². The second-order valence-corrected chi connectivity index (χ2v) is 7.97. The Morgan fingerprint density at radius 1 is 1.31 bits per heavy atom. The van der Waals surface area contributed by atoms with Crippen molar-refractivity contribution in [3.63, 3.8) is 0 Å². The number of nitrogens with one attached hydrogen (secondary N) is 1. The molecule has 0 unspecified atom stereocenters. The maximum atomic E-state index is 12.7. The first-order valence-corrected chi connectivity index (χ1v) is 9.42. The number of rotatable bonds is 4. The number of nitrogens with zero attached hydrogens (tertiary/aromatic N) is 3. The highest BCUT2D eigenvalue weighted by molar-refractivity contribution is 6.33. The number of carbonyl (C=O) groups excluding carboxylic acids is 2. The van der Waals surface area contributed by atoms with Gasteiger partial charge in [0.2, 0.25) is 11.8 Å². The topological polar surface area (TPSA) is 106 Å². The van der Waals surface area contributed by atoms with Crippen LogP contribution in [0.15, 0.2) is 12.3 Å². The quantitative estimate of drug-likeness (QED) is 0.710. The Morgan fingerprint density at radius 3 is 2.55 bits per heavy atom. The number of alkyl halides is 3. The van der Waals surface area contributed by atoms with Gasteiger partial charge in [0, 0.05) is 19.3 Å². The smallest absolute Gasteiger partial charge is 0.391 e. The fourth-order valence-corrected chi connectivity index (χ4v) is 5.16. The van der Waals surface area contributed by atoms with Crippen LogP contribution in [0, 0.1) is 40.9 Å². The van der Waals surface area contributed by atoms with Crippen molar-refractivity contribution in [2.45, 2.75) is 18.7 Å². The van der Waals surface area contributed by atoms with E-state index < -0.39 is 41.5 Å². The number of aliphatic hydroxyl groups excluding tert-OH is 1. The highest BCUT2D eigenvalue weighted by Crippen LogP contribution is 2.58. The molecule has 1 aromatic heterocycles. The van der Waals surface area contributed by atoms with E-state index in [1.165, 1.54) is 0 Å². The molecule has 2 amide bonds. The molecule has 7 nitrogen and oxygen atoms in total. The number of likely N-dealkylation sites (tertiary alicyclic amines) is 1. The van der Waals surface area contributed by atoms with Crippen LogP contribution in [-0.4, -0.2) is 46.0 Å². The van der Waals surface area contributed by atoms with Gasteiger partial charge in [-0.15, -0.1) is 0 Å². The molecule has 2 bridgehead atoms. The number of pyridine rings is 1. The fraction of sp³-hybridized carbons (Fsp3) is 0.556. The second-order valence-electron chi connectivity index (χ2n) is 7.57. The number of aliphatic hydroxyl groups is 1. The largest absolute Gasteiger partial charge is 0.417 e. The highest BCUT2D eigenvalue weighted by atomic mass is 35.5. The first kappa shape index (κ1) is 19.9. The summed E-state index contributed by atoms with van der Waals surface area (Å²) in [6, 6.07) is 2.79. The minimum Gasteiger partial charge on any atom is -0.391 e. The molecule has 6 atom stereocenters. The maximum absolute atomic E-state index is 12.7. The number of imide groups is 1. The Labute approximate surface area is 168 Å². The molecule has 4 rings (SSSR count). The van der Waals surface area contributed by atoms with Crippen molar-refractivity contribution in [1.29, 1.82) is 5.26 Å². The molecule has 3 aliphatic rings. The van der Waals surface area contributed by atoms with Gasteiger partial charge >= 0.3 is 6.18 Å². The summed E-state index contributed by atoms with van der Waals surface area (Å²) < 4.78 is 38.0. The molecule has 1 aromatic rings. The molecular formula is C18H16ClF3N4O3. The van der Waals surface area contributed by atoms with Gasteiger partial charge in [-0.1, -0.05) is 11.6 Å². The zero-order valence-corrected chi connectivity index (χ0v) is 15.6. The number of anilines is 1. The summed E-state index contributed by atoms with van der Waals surface area (Å²) in [5, 5.41) is 22.0. The molecule has 11 heteroatoms. The zero-order chi connectivity index (χ0) is 21.1. The number of hydrogen-bond donors (Lipinski definition) is 2. The van der Waals surface area contributed by atoms with Gasteiger partial charge < -0.3 is 10.4 Å². The molecule has 2 N–H and O–H groups in total. The Bertz CT molecular complexity index is 919. The molecule has 2 aliphatic carbocycles. The molecule has 1 aliphatic heterocycles. The standard InChI is InChI=1S/C18H16ClF3N4O3/c19-11-3-7(18(20,21)22)6-25-15(11)24-1-2-26-16(28)12-8-4-9(13(12)17(26)29)14(27)10(8)5-23/h3,6,8-10,12-14,27H,1-2,4H2,(H,24,25)/t8-,9+,10+,12-,13-,14-/m0/s1. The third-order valence-corrected chi connectivity index (χ3v) is 6.46. The number of aromatic nitrogens is 1. The lowest BCUT2D eigenvalue weighted by atomic mass is 9.74. The Balaban J connectivity index is 1.41. The van der Waals surface area contributed by atoms with Gasteiger partial charge in [0.25, 0.3) is 0 Å². The van der Waals surface area contributed by atoms with E-state index in [-0.39, 0.29) is 41.7 Å². The van der Waals surface area contributed by atoms with Crippen molar-refractivity contribution in [2.75, 3.05) is 18.4 Å². The summed E-state index contributed by atoms with van der Waals surface area (Å²) in [6.07, 6.45) is -4.34. The van der Waals surface area contributed by atoms with E-state index in [0.717, 1.165) is 11.0 Å². The van der Waals surface area contributed by atoms with Crippen LogP contribution < -0.4 is 5.32 Å². The van der Waals surface area contributed by atoms with E-state index in [9.17, 15) is 33.1 Å². The van der Waals surface area contributed by atoms with Gasteiger partial charge in [-0.2, -0.15) is 18.4 Å². The maximum Gasteiger partial charge on any atom is 0.417 e. The molecule has 1 saturated heterocycles. The monoisotopic (exact) mass is 428 g/mol. The van der Waals surface area contributed by atoms with Crippen LogP contribution in [0.2, 0.25) is 5.02 Å². The molecule has 154 valence electrons. The van der Waals surface area contributed by atoms with Crippen LogP contribution >= 0.6 is 11.6 Å². The van der Waals surface area contributed by atoms with E-state index in [1.54, 1.807) is 0 Å². The van der Waals surface area contributed by atoms with Crippen molar-refractivity contribution in [3.05, 3.63) is 22.8 Å². The molecular weight excluding hydrogens is 413 g/mol. The number of carbonyl (C=O) groups is 2. The lowest BCUT2D eigenvalue weighted by Crippen LogP contribution is -2.39. The van der Waals surface area contributed by atoms with E-state index in [0.29, 0.717) is 12.6 Å². The van der Waals surface area contributed by atoms with Crippen molar-refractivity contribution >= 4 is 29.2 Å². The Morgan fingerprint density at radius 2 is 1.97 bits per heavy atom. The Kier molecular flexibility index (Phi) is 4.70. The molecule has 2 saturated carbocycles. The van der Waals surface area contributed by atoms with Crippen LogP contribution in [0.4, 0.5) is 19.0 Å². The summed E-state index contributed by atoms with van der Waals surface area (Å²) in [7, 11) is 0. The molecule has 0 radical (unpaired) electrons. The molecule has 2 heterocycles. The van der Waals surface area contributed by atoms with Crippen molar-refractivity contribution in [2.24, 2.45) is 29.6 Å². The van der Waals surface area contributed by atoms with Gasteiger partial charge in [0.1, 0.15) is 5.82 Å². The van der Waals surface area contributed by atoms with E-state index in [2.05, 4.69) is 10.3 Å². The van der Waals surface area contributed by atoms with Crippen LogP contribution in [-0.2, 0) is 15.8 Å². The van der Waals surface area contributed by atoms with Crippen LogP contribution in [0.1, 0.15) is 12.0 Å². The third kappa shape index (κ3) is 3.04. The number of amides is 2. The van der Waals surface area contributed by atoms with Gasteiger partial charge in [-0.05, 0) is 24.3 Å². The highest BCUT2D eigenvalue weighted by Gasteiger charge is 2.67. The van der Waals surface area contributed by atoms with Crippen molar-refractivity contribution < 1.29 is 27.9 Å². The minimum atomic E-state index is -4.56. The molecule has 3 fully saturated rings. The summed E-state index contributed by atoms with van der Waals surface area (Å²) in [6.45, 7) is 0.0328. The van der Waals surface area contributed by atoms with Gasteiger partial charge in [-0.3, -0.25) is 14.5 Å². The molecule has 0 aromatic carbocycles. The number of hydrogen-bond acceptors (Lipinski definition) is 6. The minimum absolute atomic E-state index is 0.0130. The normalized spacial score (nSPS) is 33.2. The average Bonchev–Trinajstić information content (AvgIpc) is 3.26. The van der Waals surface area contributed by atoms with Crippen molar-refractivity contribution in [1.82, 2.24) is 9.88 Å². The summed E-state index contributed by atoms with van der Waals surface area (Å²) in [5.41, 5.74) is -0.980. The predicted octanol–water partition coefficient (Wildman–Crippen LogP) is 1.92. The lowest BCUT2D eigenvalue weighted by Gasteiger charge is -2.28. The van der Waals surface area contributed by atoms with E-state index >= 15 is 0 Å². The molecule has 0 spiro atoms. The number of nitriles is 1. The SMILES string of the molecule is N#C[C@H]1[C@@H](O)[C@@H]2C[C@@H]1[C@@H]1C(=O)N(CCNc3ncc(C(F)(F)F)cc3Cl)C(=O)[C@@H]21.